The van der Waals surface area contributed by atoms with Crippen molar-refractivity contribution in [1.82, 2.24) is 5.32 Å². The minimum absolute atomic E-state index is 0.00397. The Labute approximate surface area is 160 Å². The molecular formula is C21H26ClNO3. The van der Waals surface area contributed by atoms with Crippen molar-refractivity contribution in [3.05, 3.63) is 58.6 Å². The van der Waals surface area contributed by atoms with Crippen molar-refractivity contribution in [3.63, 3.8) is 0 Å². The molecule has 0 bridgehead atoms. The Balaban J connectivity index is 1.79. The molecule has 0 radical (unpaired) electrons. The third-order valence-electron chi connectivity index (χ3n) is 4.20. The zero-order valence-corrected chi connectivity index (χ0v) is 16.3. The molecule has 140 valence electrons. The van der Waals surface area contributed by atoms with E-state index in [0.29, 0.717) is 24.5 Å². The maximum Gasteiger partial charge on any atom is 0.220 e. The predicted octanol–water partition coefficient (Wildman–Crippen LogP) is 5.08. The van der Waals surface area contributed by atoms with Crippen LogP contribution in [0.15, 0.2) is 42.5 Å². The third kappa shape index (κ3) is 5.95. The normalized spacial score (nSPS) is 11.7. The van der Waals surface area contributed by atoms with Gasteiger partial charge in [0.15, 0.2) is 0 Å². The molecular weight excluding hydrogens is 350 g/mol. The first-order valence-corrected chi connectivity index (χ1v) is 9.23. The van der Waals surface area contributed by atoms with E-state index in [1.54, 1.807) is 19.2 Å². The van der Waals surface area contributed by atoms with Gasteiger partial charge in [0.2, 0.25) is 5.91 Å². The first-order valence-electron chi connectivity index (χ1n) is 8.85. The SMILES string of the molecule is CC[C@H](NC(=O)CCCOc1ccc(Cl)cc1)c1ccc(OC)c(C)c1. The molecule has 26 heavy (non-hydrogen) atoms. The topological polar surface area (TPSA) is 47.6 Å². The Kier molecular flexibility index (Phi) is 7.79. The predicted molar refractivity (Wildman–Crippen MR) is 105 cm³/mol. The number of ether oxygens (including phenoxy) is 2. The second-order valence-corrected chi connectivity index (χ2v) is 6.60. The smallest absolute Gasteiger partial charge is 0.220 e. The van der Waals surface area contributed by atoms with E-state index in [1.807, 2.05) is 31.2 Å². The van der Waals surface area contributed by atoms with Crippen molar-refractivity contribution in [2.75, 3.05) is 13.7 Å². The number of carbonyl (C=O) groups excluding carboxylic acids is 1. The van der Waals surface area contributed by atoms with Gasteiger partial charge < -0.3 is 14.8 Å². The van der Waals surface area contributed by atoms with Crippen molar-refractivity contribution in [1.29, 1.82) is 0 Å². The second-order valence-electron chi connectivity index (χ2n) is 6.16. The minimum Gasteiger partial charge on any atom is -0.496 e. The average Bonchev–Trinajstić information content (AvgIpc) is 2.64. The fourth-order valence-corrected chi connectivity index (χ4v) is 2.89. The Bertz CT molecular complexity index is 716. The van der Waals surface area contributed by atoms with Crippen LogP contribution in [0.2, 0.25) is 5.02 Å². The maximum absolute atomic E-state index is 12.2. The molecule has 5 heteroatoms. The summed E-state index contributed by atoms with van der Waals surface area (Å²) in [6.45, 7) is 4.56. The fraction of sp³-hybridized carbons (Fsp3) is 0.381. The number of methoxy groups -OCH3 is 1. The molecule has 0 heterocycles. The summed E-state index contributed by atoms with van der Waals surface area (Å²) in [6, 6.07) is 13.2. The lowest BCUT2D eigenvalue weighted by Gasteiger charge is -2.19. The van der Waals surface area contributed by atoms with E-state index in [2.05, 4.69) is 18.3 Å². The molecule has 2 aromatic rings. The number of hydrogen-bond donors (Lipinski definition) is 1. The van der Waals surface area contributed by atoms with E-state index in [1.165, 1.54) is 0 Å². The largest absolute Gasteiger partial charge is 0.496 e. The lowest BCUT2D eigenvalue weighted by molar-refractivity contribution is -0.122. The molecule has 1 atom stereocenters. The number of amides is 1. The highest BCUT2D eigenvalue weighted by Crippen LogP contribution is 2.24. The molecule has 0 aliphatic heterocycles. The Morgan fingerprint density at radius 1 is 1.19 bits per heavy atom. The molecule has 0 unspecified atom stereocenters. The van der Waals surface area contributed by atoms with Crippen LogP contribution in [-0.2, 0) is 4.79 Å². The molecule has 0 aromatic heterocycles. The van der Waals surface area contributed by atoms with Crippen LogP contribution in [0.3, 0.4) is 0 Å². The highest BCUT2D eigenvalue weighted by Gasteiger charge is 2.14. The summed E-state index contributed by atoms with van der Waals surface area (Å²) >= 11 is 5.84. The van der Waals surface area contributed by atoms with Crippen LogP contribution in [-0.4, -0.2) is 19.6 Å². The Morgan fingerprint density at radius 3 is 2.54 bits per heavy atom. The summed E-state index contributed by atoms with van der Waals surface area (Å²) in [6.07, 6.45) is 1.92. The van der Waals surface area contributed by atoms with Crippen LogP contribution in [0.1, 0.15) is 43.4 Å². The van der Waals surface area contributed by atoms with E-state index >= 15 is 0 Å². The minimum atomic E-state index is 0.00397. The monoisotopic (exact) mass is 375 g/mol. The number of rotatable bonds is 9. The fourth-order valence-electron chi connectivity index (χ4n) is 2.76. The van der Waals surface area contributed by atoms with Crippen LogP contribution in [0.4, 0.5) is 0 Å². The van der Waals surface area contributed by atoms with Crippen LogP contribution < -0.4 is 14.8 Å². The first-order chi connectivity index (χ1) is 12.5. The molecule has 1 N–H and O–H groups in total. The standard InChI is InChI=1S/C21H26ClNO3/c1-4-19(16-7-12-20(25-3)15(2)14-16)23-21(24)6-5-13-26-18-10-8-17(22)9-11-18/h7-12,14,19H,4-6,13H2,1-3H3,(H,23,24)/t19-/m0/s1. The first kappa shape index (κ1) is 20.1. The van der Waals surface area contributed by atoms with Crippen molar-refractivity contribution >= 4 is 17.5 Å². The van der Waals surface area contributed by atoms with E-state index < -0.39 is 0 Å². The van der Waals surface area contributed by atoms with E-state index in [4.69, 9.17) is 21.1 Å². The van der Waals surface area contributed by atoms with Gasteiger partial charge in [-0.1, -0.05) is 30.7 Å². The van der Waals surface area contributed by atoms with E-state index in [-0.39, 0.29) is 11.9 Å². The van der Waals surface area contributed by atoms with Gasteiger partial charge in [-0.2, -0.15) is 0 Å². The number of hydrogen-bond acceptors (Lipinski definition) is 3. The Hall–Kier alpha value is -2.20. The molecule has 2 rings (SSSR count). The number of halogens is 1. The zero-order valence-electron chi connectivity index (χ0n) is 15.5. The average molecular weight is 376 g/mol. The quantitative estimate of drug-likeness (QED) is 0.621. The number of carbonyl (C=O) groups is 1. The molecule has 0 saturated carbocycles. The van der Waals surface area contributed by atoms with Crippen molar-refractivity contribution < 1.29 is 14.3 Å². The van der Waals surface area contributed by atoms with Gasteiger partial charge in [-0.25, -0.2) is 0 Å². The molecule has 2 aromatic carbocycles. The summed E-state index contributed by atoms with van der Waals surface area (Å²) in [5, 5.41) is 3.78. The third-order valence-corrected chi connectivity index (χ3v) is 4.45. The summed E-state index contributed by atoms with van der Waals surface area (Å²) in [4.78, 5) is 12.2. The van der Waals surface area contributed by atoms with Crippen LogP contribution in [0.25, 0.3) is 0 Å². The van der Waals surface area contributed by atoms with Gasteiger partial charge in [-0.3, -0.25) is 4.79 Å². The van der Waals surface area contributed by atoms with Crippen LogP contribution in [0, 0.1) is 6.92 Å². The molecule has 0 aliphatic rings. The van der Waals surface area contributed by atoms with Crippen molar-refractivity contribution in [2.45, 2.75) is 39.2 Å². The van der Waals surface area contributed by atoms with Gasteiger partial charge in [-0.05, 0) is 61.2 Å². The molecule has 0 fully saturated rings. The van der Waals surface area contributed by atoms with Crippen LogP contribution in [0.5, 0.6) is 11.5 Å². The van der Waals surface area contributed by atoms with Gasteiger partial charge in [0.05, 0.1) is 19.8 Å². The second kappa shape index (κ2) is 10.1. The van der Waals surface area contributed by atoms with E-state index in [9.17, 15) is 4.79 Å². The maximum atomic E-state index is 12.2. The van der Waals surface area contributed by atoms with Gasteiger partial charge >= 0.3 is 0 Å². The molecule has 4 nitrogen and oxygen atoms in total. The van der Waals surface area contributed by atoms with Gasteiger partial charge in [0.25, 0.3) is 0 Å². The number of nitrogens with one attached hydrogen (secondary N) is 1. The van der Waals surface area contributed by atoms with E-state index in [0.717, 1.165) is 29.0 Å². The van der Waals surface area contributed by atoms with Crippen molar-refractivity contribution in [3.8, 4) is 11.5 Å². The molecule has 0 spiro atoms. The number of benzene rings is 2. The Morgan fingerprint density at radius 2 is 1.92 bits per heavy atom. The van der Waals surface area contributed by atoms with Crippen molar-refractivity contribution in [2.24, 2.45) is 0 Å². The van der Waals surface area contributed by atoms with Gasteiger partial charge in [0.1, 0.15) is 11.5 Å². The summed E-state index contributed by atoms with van der Waals surface area (Å²) in [7, 11) is 1.66. The highest BCUT2D eigenvalue weighted by atomic mass is 35.5. The summed E-state index contributed by atoms with van der Waals surface area (Å²) in [5.74, 6) is 1.65. The van der Waals surface area contributed by atoms with Gasteiger partial charge in [0, 0.05) is 11.4 Å². The number of aryl methyl sites for hydroxylation is 1. The lowest BCUT2D eigenvalue weighted by Crippen LogP contribution is -2.28. The highest BCUT2D eigenvalue weighted by molar-refractivity contribution is 6.30. The zero-order chi connectivity index (χ0) is 18.9. The molecule has 0 saturated heterocycles. The van der Waals surface area contributed by atoms with Crippen LogP contribution >= 0.6 is 11.6 Å². The van der Waals surface area contributed by atoms with Gasteiger partial charge in [-0.15, -0.1) is 0 Å². The molecule has 0 aliphatic carbocycles. The summed E-state index contributed by atoms with van der Waals surface area (Å²) < 4.78 is 10.9. The molecule has 1 amide bonds. The lowest BCUT2D eigenvalue weighted by atomic mass is 10.0. The summed E-state index contributed by atoms with van der Waals surface area (Å²) in [5.41, 5.74) is 2.16.